The third-order valence-electron chi connectivity index (χ3n) is 5.75. The van der Waals surface area contributed by atoms with Crippen molar-refractivity contribution in [1.82, 2.24) is 10.3 Å². The zero-order chi connectivity index (χ0) is 21.1. The van der Waals surface area contributed by atoms with Crippen LogP contribution >= 0.6 is 11.6 Å². The lowest BCUT2D eigenvalue weighted by atomic mass is 9.98. The van der Waals surface area contributed by atoms with Crippen LogP contribution in [0.15, 0.2) is 53.6 Å². The van der Waals surface area contributed by atoms with Gasteiger partial charge < -0.3 is 5.32 Å². The van der Waals surface area contributed by atoms with Gasteiger partial charge in [0, 0.05) is 28.5 Å². The first-order valence-corrected chi connectivity index (χ1v) is 10.6. The van der Waals surface area contributed by atoms with E-state index in [1.165, 1.54) is 11.1 Å². The maximum atomic E-state index is 14.5. The van der Waals surface area contributed by atoms with E-state index in [4.69, 9.17) is 11.6 Å². The summed E-state index contributed by atoms with van der Waals surface area (Å²) >= 11 is 6.32. The molecule has 1 heterocycles. The molecule has 1 saturated carbocycles. The number of nitrogens with zero attached hydrogens (tertiary/aromatic N) is 2. The van der Waals surface area contributed by atoms with Crippen LogP contribution in [-0.2, 0) is 9.59 Å². The summed E-state index contributed by atoms with van der Waals surface area (Å²) in [5, 5.41) is 9.03. The molecule has 1 atom stereocenters. The van der Waals surface area contributed by atoms with Crippen molar-refractivity contribution in [2.45, 2.75) is 38.1 Å². The second-order valence-electron chi connectivity index (χ2n) is 7.71. The number of rotatable bonds is 5. The molecule has 0 spiro atoms. The molecule has 4 rings (SSSR count). The minimum atomic E-state index is -0.589. The number of carbonyl (C=O) groups is 2. The Bertz CT molecular complexity index is 988. The van der Waals surface area contributed by atoms with E-state index in [1.54, 1.807) is 24.3 Å². The normalized spacial score (nSPS) is 19.1. The van der Waals surface area contributed by atoms with Crippen molar-refractivity contribution in [3.63, 3.8) is 0 Å². The van der Waals surface area contributed by atoms with Crippen molar-refractivity contribution in [2.24, 2.45) is 11.0 Å². The zero-order valence-corrected chi connectivity index (χ0v) is 17.2. The van der Waals surface area contributed by atoms with Crippen LogP contribution < -0.4 is 5.32 Å². The number of benzene rings is 2. The maximum absolute atomic E-state index is 14.5. The zero-order valence-electron chi connectivity index (χ0n) is 16.5. The van der Waals surface area contributed by atoms with Crippen LogP contribution in [-0.4, -0.2) is 29.1 Å². The number of halogens is 2. The van der Waals surface area contributed by atoms with Crippen LogP contribution in [0.1, 0.15) is 49.3 Å². The molecule has 0 radical (unpaired) electrons. The minimum absolute atomic E-state index is 0.0269. The van der Waals surface area contributed by atoms with Crippen LogP contribution in [0.5, 0.6) is 0 Å². The molecule has 1 fully saturated rings. The average molecular weight is 428 g/mol. The molecule has 0 aromatic heterocycles. The molecule has 1 aliphatic heterocycles. The standard InChI is InChI=1S/C23H23ClFN3O2/c24-18-11-5-3-9-16(18)20-13-21(17-10-4-6-12-19(17)25)28(27-20)22(29)14-26-23(30)15-7-1-2-8-15/h3-6,9-12,15,21H,1-2,7-8,13-14H2,(H,26,30)/t21-/m1/s1. The molecule has 2 aliphatic rings. The van der Waals surface area contributed by atoms with Crippen molar-refractivity contribution >= 4 is 29.1 Å². The van der Waals surface area contributed by atoms with E-state index in [2.05, 4.69) is 10.4 Å². The second-order valence-corrected chi connectivity index (χ2v) is 8.11. The van der Waals surface area contributed by atoms with E-state index in [9.17, 15) is 14.0 Å². The summed E-state index contributed by atoms with van der Waals surface area (Å²) in [6.07, 6.45) is 4.14. The van der Waals surface area contributed by atoms with Crippen molar-refractivity contribution in [2.75, 3.05) is 6.54 Å². The smallest absolute Gasteiger partial charge is 0.262 e. The van der Waals surface area contributed by atoms with E-state index < -0.39 is 11.9 Å². The number of carbonyl (C=O) groups excluding carboxylic acids is 2. The minimum Gasteiger partial charge on any atom is -0.347 e. The fourth-order valence-electron chi connectivity index (χ4n) is 4.16. The SMILES string of the molecule is O=C(NCC(=O)N1N=C(c2ccccc2Cl)C[C@@H]1c1ccccc1F)C1CCCC1. The summed E-state index contributed by atoms with van der Waals surface area (Å²) in [7, 11) is 0. The van der Waals surface area contributed by atoms with Gasteiger partial charge in [-0.3, -0.25) is 9.59 Å². The Balaban J connectivity index is 1.57. The Morgan fingerprint density at radius 3 is 2.53 bits per heavy atom. The molecular weight excluding hydrogens is 405 g/mol. The largest absolute Gasteiger partial charge is 0.347 e. The van der Waals surface area contributed by atoms with Crippen LogP contribution in [0.2, 0.25) is 5.02 Å². The summed E-state index contributed by atoms with van der Waals surface area (Å²) in [6, 6.07) is 13.0. The summed E-state index contributed by atoms with van der Waals surface area (Å²) < 4.78 is 14.5. The number of hydrazone groups is 1. The highest BCUT2D eigenvalue weighted by molar-refractivity contribution is 6.34. The van der Waals surface area contributed by atoms with E-state index in [1.807, 2.05) is 18.2 Å². The molecule has 2 amide bonds. The first kappa shape index (κ1) is 20.5. The molecule has 2 aromatic carbocycles. The van der Waals surface area contributed by atoms with Gasteiger partial charge in [0.1, 0.15) is 5.82 Å². The molecule has 7 heteroatoms. The predicted molar refractivity (Wildman–Crippen MR) is 114 cm³/mol. The van der Waals surface area contributed by atoms with Crippen LogP contribution in [0, 0.1) is 11.7 Å². The van der Waals surface area contributed by atoms with Gasteiger partial charge in [0.15, 0.2) is 0 Å². The van der Waals surface area contributed by atoms with E-state index >= 15 is 0 Å². The summed E-state index contributed by atoms with van der Waals surface area (Å²) in [4.78, 5) is 25.3. The van der Waals surface area contributed by atoms with E-state index in [0.717, 1.165) is 25.7 Å². The molecule has 1 N–H and O–H groups in total. The highest BCUT2D eigenvalue weighted by Crippen LogP contribution is 2.35. The lowest BCUT2D eigenvalue weighted by molar-refractivity contribution is -0.135. The highest BCUT2D eigenvalue weighted by atomic mass is 35.5. The molecule has 156 valence electrons. The summed E-state index contributed by atoms with van der Waals surface area (Å²) in [6.45, 7) is -0.167. The molecule has 30 heavy (non-hydrogen) atoms. The van der Waals surface area contributed by atoms with Gasteiger partial charge in [-0.05, 0) is 25.0 Å². The highest BCUT2D eigenvalue weighted by Gasteiger charge is 2.35. The van der Waals surface area contributed by atoms with Crippen LogP contribution in [0.4, 0.5) is 4.39 Å². The Hall–Kier alpha value is -2.73. The van der Waals surface area contributed by atoms with Gasteiger partial charge in [0.05, 0.1) is 18.3 Å². The molecule has 0 saturated heterocycles. The van der Waals surface area contributed by atoms with E-state index in [0.29, 0.717) is 28.3 Å². The summed E-state index contributed by atoms with van der Waals surface area (Å²) in [5.74, 6) is -0.902. The first-order valence-electron chi connectivity index (χ1n) is 10.2. The van der Waals surface area contributed by atoms with Gasteiger partial charge in [-0.1, -0.05) is 60.8 Å². The van der Waals surface area contributed by atoms with Gasteiger partial charge >= 0.3 is 0 Å². The van der Waals surface area contributed by atoms with E-state index in [-0.39, 0.29) is 24.3 Å². The maximum Gasteiger partial charge on any atom is 0.262 e. The monoisotopic (exact) mass is 427 g/mol. The van der Waals surface area contributed by atoms with Gasteiger partial charge in [0.2, 0.25) is 5.91 Å². The number of nitrogens with one attached hydrogen (secondary N) is 1. The Kier molecular flexibility index (Phi) is 6.13. The third-order valence-corrected chi connectivity index (χ3v) is 6.08. The second kappa shape index (κ2) is 8.96. The number of hydrogen-bond donors (Lipinski definition) is 1. The molecule has 0 bridgehead atoms. The Morgan fingerprint density at radius 2 is 1.80 bits per heavy atom. The lowest BCUT2D eigenvalue weighted by Gasteiger charge is -2.23. The van der Waals surface area contributed by atoms with Crippen molar-refractivity contribution < 1.29 is 14.0 Å². The third kappa shape index (κ3) is 4.24. The number of amides is 2. The lowest BCUT2D eigenvalue weighted by Crippen LogP contribution is -2.40. The average Bonchev–Trinajstić information content (AvgIpc) is 3.43. The van der Waals surface area contributed by atoms with Crippen LogP contribution in [0.25, 0.3) is 0 Å². The van der Waals surface area contributed by atoms with Crippen molar-refractivity contribution in [3.8, 4) is 0 Å². The molecule has 5 nitrogen and oxygen atoms in total. The Labute approximate surface area is 179 Å². The van der Waals surface area contributed by atoms with Crippen LogP contribution in [0.3, 0.4) is 0 Å². The van der Waals surface area contributed by atoms with Gasteiger partial charge in [0.25, 0.3) is 5.91 Å². The molecule has 2 aromatic rings. The fourth-order valence-corrected chi connectivity index (χ4v) is 4.41. The molecular formula is C23H23ClFN3O2. The fraction of sp³-hybridized carbons (Fsp3) is 0.348. The predicted octanol–water partition coefficient (Wildman–Crippen LogP) is 4.46. The van der Waals surface area contributed by atoms with Gasteiger partial charge in [-0.25, -0.2) is 9.40 Å². The molecule has 1 aliphatic carbocycles. The van der Waals surface area contributed by atoms with Crippen molar-refractivity contribution in [1.29, 1.82) is 0 Å². The van der Waals surface area contributed by atoms with Crippen molar-refractivity contribution in [3.05, 3.63) is 70.5 Å². The Morgan fingerprint density at radius 1 is 1.10 bits per heavy atom. The van der Waals surface area contributed by atoms with Gasteiger partial charge in [-0.2, -0.15) is 5.10 Å². The topological polar surface area (TPSA) is 61.8 Å². The first-order chi connectivity index (χ1) is 14.5. The summed E-state index contributed by atoms with van der Waals surface area (Å²) in [5.41, 5.74) is 1.72. The van der Waals surface area contributed by atoms with Gasteiger partial charge in [-0.15, -0.1) is 0 Å². The molecule has 0 unspecified atom stereocenters. The number of hydrogen-bond acceptors (Lipinski definition) is 3. The quantitative estimate of drug-likeness (QED) is 0.765.